The molecule has 0 atom stereocenters. The maximum Gasteiger partial charge on any atom is 0.175 e. The molecule has 0 saturated carbocycles. The lowest BCUT2D eigenvalue weighted by Gasteiger charge is -2.02. The second-order valence-corrected chi connectivity index (χ2v) is 2.66. The van der Waals surface area contributed by atoms with Gasteiger partial charge in [0, 0.05) is 17.3 Å². The summed E-state index contributed by atoms with van der Waals surface area (Å²) in [5.74, 6) is 0.607. The summed E-state index contributed by atoms with van der Waals surface area (Å²) in [6.07, 6.45) is 0.753. The van der Waals surface area contributed by atoms with Gasteiger partial charge in [0.25, 0.3) is 0 Å². The fourth-order valence-electron chi connectivity index (χ4n) is 0.986. The highest BCUT2D eigenvalue weighted by Gasteiger charge is 2.18. The van der Waals surface area contributed by atoms with Crippen LogP contribution in [0.2, 0.25) is 0 Å². The normalized spacial score (nSPS) is 13.9. The van der Waals surface area contributed by atoms with E-state index in [1.165, 1.54) is 4.53 Å². The maximum atomic E-state index is 10.4. The average molecular weight is 185 g/mol. The van der Waals surface area contributed by atoms with Crippen LogP contribution in [0, 0.1) is 0 Å². The Hall–Kier alpha value is -1.26. The van der Waals surface area contributed by atoms with Crippen LogP contribution in [0.25, 0.3) is 0 Å². The van der Waals surface area contributed by atoms with Crippen molar-refractivity contribution in [1.29, 1.82) is 0 Å². The summed E-state index contributed by atoms with van der Waals surface area (Å²) in [6, 6.07) is 4.97. The van der Waals surface area contributed by atoms with Crippen molar-refractivity contribution in [3.63, 3.8) is 0 Å². The highest BCUT2D eigenvalue weighted by atomic mass is 35.5. The molecule has 0 bridgehead atoms. The molecule has 0 radical (unpaired) electrons. The number of nitrogens with zero attached hydrogens (tertiary/aromatic N) is 1. The molecule has 1 aromatic carbocycles. The number of carbonyl (C=O) groups is 1. The molecule has 1 aliphatic rings. The van der Waals surface area contributed by atoms with Crippen molar-refractivity contribution >= 4 is 23.8 Å². The summed E-state index contributed by atoms with van der Waals surface area (Å²) < 4.78 is 1.18. The number of fused-ring (bicyclic) bond motifs is 1. The highest BCUT2D eigenvalue weighted by Crippen LogP contribution is 2.32. The van der Waals surface area contributed by atoms with Gasteiger partial charge in [0.2, 0.25) is 0 Å². The van der Waals surface area contributed by atoms with Crippen LogP contribution >= 0.6 is 11.8 Å². The minimum absolute atomic E-state index is 0.562. The van der Waals surface area contributed by atoms with E-state index in [9.17, 15) is 4.79 Å². The van der Waals surface area contributed by atoms with Gasteiger partial charge in [-0.05, 0) is 23.8 Å². The number of carbonyl (C=O) groups excluding carboxylic acids is 1. The Morgan fingerprint density at radius 3 is 3.17 bits per heavy atom. The van der Waals surface area contributed by atoms with Crippen molar-refractivity contribution < 1.29 is 9.63 Å². The third kappa shape index (κ3) is 1.01. The van der Waals surface area contributed by atoms with E-state index in [1.807, 2.05) is 0 Å². The van der Waals surface area contributed by atoms with E-state index in [1.54, 1.807) is 18.2 Å². The van der Waals surface area contributed by atoms with Gasteiger partial charge in [0.1, 0.15) is 12.0 Å². The van der Waals surface area contributed by atoms with Crippen LogP contribution in [0.15, 0.2) is 18.2 Å². The van der Waals surface area contributed by atoms with Crippen LogP contribution in [0.3, 0.4) is 0 Å². The minimum Gasteiger partial charge on any atom is -0.386 e. The van der Waals surface area contributed by atoms with E-state index >= 15 is 0 Å². The number of aldehydes is 1. The number of hydrogen-bond acceptors (Lipinski definition) is 4. The zero-order valence-electron chi connectivity index (χ0n) is 5.95. The number of anilines is 1. The smallest absolute Gasteiger partial charge is 0.175 e. The summed E-state index contributed by atoms with van der Waals surface area (Å²) in [6.45, 7) is 0. The van der Waals surface area contributed by atoms with Crippen LogP contribution < -0.4 is 15.0 Å². The second-order valence-electron chi connectivity index (χ2n) is 2.32. The molecule has 1 N–H and O–H groups in total. The highest BCUT2D eigenvalue weighted by molar-refractivity contribution is 6.25. The molecule has 62 valence electrons. The summed E-state index contributed by atoms with van der Waals surface area (Å²) in [4.78, 5) is 15.3. The first-order chi connectivity index (χ1) is 5.81. The van der Waals surface area contributed by atoms with Gasteiger partial charge in [-0.2, -0.15) is 4.53 Å². The van der Waals surface area contributed by atoms with Gasteiger partial charge >= 0.3 is 0 Å². The molecule has 0 aliphatic carbocycles. The van der Waals surface area contributed by atoms with Crippen LogP contribution in [0.5, 0.6) is 5.75 Å². The lowest BCUT2D eigenvalue weighted by atomic mass is 10.2. The van der Waals surface area contributed by atoms with E-state index in [0.29, 0.717) is 17.0 Å². The molecule has 5 heteroatoms. The van der Waals surface area contributed by atoms with Crippen LogP contribution in [-0.2, 0) is 0 Å². The van der Waals surface area contributed by atoms with Gasteiger partial charge in [0.05, 0.1) is 0 Å². The zero-order valence-corrected chi connectivity index (χ0v) is 6.71. The van der Waals surface area contributed by atoms with Crippen LogP contribution in [-0.4, -0.2) is 6.29 Å². The van der Waals surface area contributed by atoms with Crippen LogP contribution in [0.4, 0.5) is 5.69 Å². The molecule has 4 nitrogen and oxygen atoms in total. The monoisotopic (exact) mass is 184 g/mol. The van der Waals surface area contributed by atoms with E-state index < -0.39 is 0 Å². The third-order valence-electron chi connectivity index (χ3n) is 1.57. The van der Waals surface area contributed by atoms with Gasteiger partial charge in [0.15, 0.2) is 5.75 Å². The topological polar surface area (TPSA) is 41.6 Å². The second kappa shape index (κ2) is 2.66. The fourth-order valence-corrected chi connectivity index (χ4v) is 1.15. The Morgan fingerprint density at radius 1 is 1.58 bits per heavy atom. The van der Waals surface area contributed by atoms with Crippen molar-refractivity contribution in [2.75, 3.05) is 4.53 Å². The summed E-state index contributed by atoms with van der Waals surface area (Å²) in [7, 11) is 0. The summed E-state index contributed by atoms with van der Waals surface area (Å²) in [5.41, 5.74) is 3.62. The number of benzene rings is 1. The molecule has 0 aromatic heterocycles. The molecule has 1 aromatic rings. The van der Waals surface area contributed by atoms with Crippen LogP contribution in [0.1, 0.15) is 10.4 Å². The largest absolute Gasteiger partial charge is 0.386 e. The quantitative estimate of drug-likeness (QED) is 0.527. The van der Waals surface area contributed by atoms with Gasteiger partial charge < -0.3 is 4.84 Å². The van der Waals surface area contributed by atoms with Crippen molar-refractivity contribution in [3.05, 3.63) is 23.8 Å². The van der Waals surface area contributed by atoms with E-state index in [4.69, 9.17) is 16.6 Å². The van der Waals surface area contributed by atoms with E-state index in [2.05, 4.69) is 5.59 Å². The first-order valence-electron chi connectivity index (χ1n) is 3.29. The van der Waals surface area contributed by atoms with Gasteiger partial charge in [-0.1, -0.05) is 0 Å². The Morgan fingerprint density at radius 2 is 2.42 bits per heavy atom. The molecule has 2 rings (SSSR count). The van der Waals surface area contributed by atoms with E-state index in [-0.39, 0.29) is 0 Å². The third-order valence-corrected chi connectivity index (χ3v) is 1.82. The number of halogens is 1. The predicted octanol–water partition coefficient (Wildman–Crippen LogP) is 1.27. The standard InChI is InChI=1S/C7H5ClN2O2/c8-10-6-3-5(4-11)1-2-7(6)12-9-10/h1-4,9H. The Labute approximate surface area is 73.7 Å². The molecule has 0 saturated heterocycles. The molecule has 1 aliphatic heterocycles. The number of nitrogens with one attached hydrogen (secondary N) is 1. The van der Waals surface area contributed by atoms with Gasteiger partial charge in [-0.3, -0.25) is 4.79 Å². The lowest BCUT2D eigenvalue weighted by molar-refractivity contribution is 0.112. The zero-order chi connectivity index (χ0) is 8.55. The molecule has 0 amide bonds. The summed E-state index contributed by atoms with van der Waals surface area (Å²) >= 11 is 5.65. The van der Waals surface area contributed by atoms with E-state index in [0.717, 1.165) is 6.29 Å². The molecule has 1 heterocycles. The number of rotatable bonds is 1. The molecule has 0 spiro atoms. The Balaban J connectivity index is 2.50. The Bertz CT molecular complexity index is 329. The molecular formula is C7H5ClN2O2. The number of hydrogen-bond donors (Lipinski definition) is 1. The average Bonchev–Trinajstić information content (AvgIpc) is 2.47. The molecule has 0 fully saturated rings. The first-order valence-corrected chi connectivity index (χ1v) is 3.62. The minimum atomic E-state index is 0.562. The Kier molecular flexibility index (Phi) is 1.64. The van der Waals surface area contributed by atoms with Gasteiger partial charge in [-0.15, -0.1) is 0 Å². The number of hydrazine groups is 1. The summed E-state index contributed by atoms with van der Waals surface area (Å²) in [5, 5.41) is 0. The molecule has 12 heavy (non-hydrogen) atoms. The SMILES string of the molecule is O=Cc1ccc2c(c1)N(Cl)NO2. The van der Waals surface area contributed by atoms with Crippen molar-refractivity contribution in [1.82, 2.24) is 5.59 Å². The molecular weight excluding hydrogens is 180 g/mol. The van der Waals surface area contributed by atoms with Gasteiger partial charge in [-0.25, -0.2) is 0 Å². The molecule has 0 unspecified atom stereocenters. The van der Waals surface area contributed by atoms with Crippen molar-refractivity contribution in [2.45, 2.75) is 0 Å². The van der Waals surface area contributed by atoms with Crippen molar-refractivity contribution in [2.24, 2.45) is 0 Å². The predicted molar refractivity (Wildman–Crippen MR) is 43.9 cm³/mol. The lowest BCUT2D eigenvalue weighted by Crippen LogP contribution is -2.25. The van der Waals surface area contributed by atoms with Crippen molar-refractivity contribution in [3.8, 4) is 5.75 Å². The first kappa shape index (κ1) is 7.39. The maximum absolute atomic E-state index is 10.4. The fraction of sp³-hybridized carbons (Fsp3) is 0.